The molecule has 0 bridgehead atoms. The minimum absolute atomic E-state index is 0.0421. The Labute approximate surface area is 180 Å². The molecule has 0 saturated carbocycles. The van der Waals surface area contributed by atoms with Crippen molar-refractivity contribution in [1.82, 2.24) is 10.3 Å². The summed E-state index contributed by atoms with van der Waals surface area (Å²) in [6, 6.07) is 13.0. The molecule has 160 valence electrons. The fourth-order valence-electron chi connectivity index (χ4n) is 3.63. The maximum absolute atomic E-state index is 14.7. The number of nitrogen functional groups attached to an aromatic ring is 1. The van der Waals surface area contributed by atoms with Gasteiger partial charge in [-0.25, -0.2) is 13.4 Å². The summed E-state index contributed by atoms with van der Waals surface area (Å²) in [7, 11) is -3.42. The molecule has 0 radical (unpaired) electrons. The van der Waals surface area contributed by atoms with Crippen molar-refractivity contribution in [3.8, 4) is 22.3 Å². The highest BCUT2D eigenvalue weighted by molar-refractivity contribution is 7.92. The molecule has 0 fully saturated rings. The SMILES string of the molecule is CC(C)S(=O)(=O)c1ccc(-c2cc(-c3ccc4c(c3)CCNC4=O)c(N)nc2F)cc1. The lowest BCUT2D eigenvalue weighted by Crippen LogP contribution is -2.31. The molecule has 1 aliphatic heterocycles. The number of nitrogens with one attached hydrogen (secondary N) is 1. The zero-order valence-corrected chi connectivity index (χ0v) is 18.0. The van der Waals surface area contributed by atoms with Crippen LogP contribution in [0.1, 0.15) is 29.8 Å². The second-order valence-electron chi connectivity index (χ2n) is 7.76. The number of benzene rings is 2. The van der Waals surface area contributed by atoms with Crippen molar-refractivity contribution < 1.29 is 17.6 Å². The third-order valence-electron chi connectivity index (χ3n) is 5.46. The highest BCUT2D eigenvalue weighted by Crippen LogP contribution is 2.33. The van der Waals surface area contributed by atoms with Crippen LogP contribution in [0.3, 0.4) is 0 Å². The van der Waals surface area contributed by atoms with E-state index in [9.17, 15) is 17.6 Å². The van der Waals surface area contributed by atoms with Crippen molar-refractivity contribution in [2.24, 2.45) is 0 Å². The molecular weight excluding hydrogens is 417 g/mol. The van der Waals surface area contributed by atoms with Crippen LogP contribution in [0.5, 0.6) is 0 Å². The summed E-state index contributed by atoms with van der Waals surface area (Å²) in [6.45, 7) is 3.78. The van der Waals surface area contributed by atoms with Crippen molar-refractivity contribution in [1.29, 1.82) is 0 Å². The number of pyridine rings is 1. The van der Waals surface area contributed by atoms with Gasteiger partial charge in [-0.3, -0.25) is 4.79 Å². The molecule has 3 aromatic rings. The number of nitrogens with zero attached hydrogens (tertiary/aromatic N) is 1. The fourth-order valence-corrected chi connectivity index (χ4v) is 4.69. The van der Waals surface area contributed by atoms with E-state index in [4.69, 9.17) is 5.73 Å². The van der Waals surface area contributed by atoms with Crippen LogP contribution < -0.4 is 11.1 Å². The first-order chi connectivity index (χ1) is 14.7. The van der Waals surface area contributed by atoms with Gasteiger partial charge in [0.15, 0.2) is 9.84 Å². The Morgan fingerprint density at radius 1 is 1.00 bits per heavy atom. The molecule has 2 aromatic carbocycles. The topological polar surface area (TPSA) is 102 Å². The Morgan fingerprint density at radius 2 is 1.68 bits per heavy atom. The number of aromatic nitrogens is 1. The van der Waals surface area contributed by atoms with Crippen molar-refractivity contribution in [3.05, 3.63) is 65.6 Å². The molecule has 1 aliphatic rings. The Bertz CT molecular complexity index is 1290. The van der Waals surface area contributed by atoms with Gasteiger partial charge < -0.3 is 11.1 Å². The van der Waals surface area contributed by atoms with Crippen molar-refractivity contribution in [2.45, 2.75) is 30.4 Å². The minimum Gasteiger partial charge on any atom is -0.383 e. The molecular formula is C23H22FN3O3S. The summed E-state index contributed by atoms with van der Waals surface area (Å²) in [6.07, 6.45) is 0.697. The van der Waals surface area contributed by atoms with Gasteiger partial charge >= 0.3 is 0 Å². The Kier molecular flexibility index (Phi) is 5.26. The molecule has 0 atom stereocenters. The number of anilines is 1. The van der Waals surface area contributed by atoms with E-state index in [0.717, 1.165) is 11.1 Å². The molecule has 31 heavy (non-hydrogen) atoms. The van der Waals surface area contributed by atoms with Crippen LogP contribution in [0.15, 0.2) is 53.4 Å². The number of fused-ring (bicyclic) bond motifs is 1. The zero-order chi connectivity index (χ0) is 22.3. The van der Waals surface area contributed by atoms with Gasteiger partial charge in [0.05, 0.1) is 10.1 Å². The molecule has 1 aromatic heterocycles. The largest absolute Gasteiger partial charge is 0.383 e. The summed E-state index contributed by atoms with van der Waals surface area (Å²) in [5.41, 5.74) is 9.51. The van der Waals surface area contributed by atoms with Gasteiger partial charge in [-0.2, -0.15) is 4.39 Å². The second-order valence-corrected chi connectivity index (χ2v) is 10.3. The first-order valence-corrected chi connectivity index (χ1v) is 11.4. The third kappa shape index (κ3) is 3.79. The van der Waals surface area contributed by atoms with E-state index in [1.807, 2.05) is 6.07 Å². The van der Waals surface area contributed by atoms with Gasteiger partial charge in [-0.1, -0.05) is 24.3 Å². The van der Waals surface area contributed by atoms with Crippen LogP contribution in [0.25, 0.3) is 22.3 Å². The first kappa shape index (κ1) is 21.0. The third-order valence-corrected chi connectivity index (χ3v) is 7.63. The molecule has 0 saturated heterocycles. The summed E-state index contributed by atoms with van der Waals surface area (Å²) >= 11 is 0. The maximum Gasteiger partial charge on any atom is 0.251 e. The predicted molar refractivity (Wildman–Crippen MR) is 118 cm³/mol. The van der Waals surface area contributed by atoms with Crippen molar-refractivity contribution >= 4 is 21.6 Å². The zero-order valence-electron chi connectivity index (χ0n) is 17.1. The van der Waals surface area contributed by atoms with E-state index in [1.54, 1.807) is 44.2 Å². The quantitative estimate of drug-likeness (QED) is 0.605. The number of carbonyl (C=O) groups excluding carboxylic acids is 1. The van der Waals surface area contributed by atoms with E-state index in [0.29, 0.717) is 29.7 Å². The maximum atomic E-state index is 14.7. The van der Waals surface area contributed by atoms with Crippen LogP contribution in [0.4, 0.5) is 10.2 Å². The summed E-state index contributed by atoms with van der Waals surface area (Å²) in [5, 5.41) is 2.25. The Balaban J connectivity index is 1.77. The van der Waals surface area contributed by atoms with Crippen LogP contribution in [0, 0.1) is 5.95 Å². The average molecular weight is 440 g/mol. The summed E-state index contributed by atoms with van der Waals surface area (Å²) < 4.78 is 39.3. The van der Waals surface area contributed by atoms with Gasteiger partial charge in [-0.05, 0) is 61.2 Å². The summed E-state index contributed by atoms with van der Waals surface area (Å²) in [5.74, 6) is -0.811. The highest BCUT2D eigenvalue weighted by atomic mass is 32.2. The van der Waals surface area contributed by atoms with Crippen molar-refractivity contribution in [3.63, 3.8) is 0 Å². The van der Waals surface area contributed by atoms with Crippen molar-refractivity contribution in [2.75, 3.05) is 12.3 Å². The number of rotatable bonds is 4. The number of nitrogens with two attached hydrogens (primary N) is 1. The number of halogens is 1. The lowest BCUT2D eigenvalue weighted by Gasteiger charge is -2.18. The van der Waals surface area contributed by atoms with Gasteiger partial charge in [0.25, 0.3) is 5.91 Å². The number of amides is 1. The molecule has 3 N–H and O–H groups in total. The lowest BCUT2D eigenvalue weighted by molar-refractivity contribution is 0.0946. The number of hydrogen-bond donors (Lipinski definition) is 2. The summed E-state index contributed by atoms with van der Waals surface area (Å²) in [4.78, 5) is 16.0. The second kappa shape index (κ2) is 7.77. The monoisotopic (exact) mass is 439 g/mol. The molecule has 1 amide bonds. The molecule has 4 rings (SSSR count). The van der Waals surface area contributed by atoms with E-state index in [1.165, 1.54) is 12.1 Å². The number of sulfone groups is 1. The molecule has 6 nitrogen and oxygen atoms in total. The molecule has 8 heteroatoms. The Morgan fingerprint density at radius 3 is 2.35 bits per heavy atom. The number of carbonyl (C=O) groups is 1. The minimum atomic E-state index is -3.42. The highest BCUT2D eigenvalue weighted by Gasteiger charge is 2.21. The standard InChI is InChI=1S/C23H22FN3O3S/c1-13(2)31(29,30)17-6-3-14(4-7-17)19-12-20(22(25)27-21(19)24)15-5-8-18-16(11-15)9-10-26-23(18)28/h3-8,11-13H,9-10H2,1-2H3,(H2,25,27)(H,26,28). The molecule has 0 aliphatic carbocycles. The van der Waals surface area contributed by atoms with Crippen LogP contribution >= 0.6 is 0 Å². The fraction of sp³-hybridized carbons (Fsp3) is 0.217. The van der Waals surface area contributed by atoms with E-state index in [-0.39, 0.29) is 22.2 Å². The smallest absolute Gasteiger partial charge is 0.251 e. The first-order valence-electron chi connectivity index (χ1n) is 9.90. The molecule has 0 unspecified atom stereocenters. The lowest BCUT2D eigenvalue weighted by atomic mass is 9.94. The van der Waals surface area contributed by atoms with E-state index >= 15 is 0 Å². The average Bonchev–Trinajstić information content (AvgIpc) is 2.74. The van der Waals surface area contributed by atoms with Gasteiger partial charge in [-0.15, -0.1) is 0 Å². The van der Waals surface area contributed by atoms with Crippen LogP contribution in [-0.4, -0.2) is 31.1 Å². The van der Waals surface area contributed by atoms with Gasteiger partial charge in [0.1, 0.15) is 5.82 Å². The molecule has 2 heterocycles. The molecule has 0 spiro atoms. The predicted octanol–water partition coefficient (Wildman–Crippen LogP) is 3.60. The van der Waals surface area contributed by atoms with Gasteiger partial charge in [0, 0.05) is 23.2 Å². The van der Waals surface area contributed by atoms with Gasteiger partial charge in [0.2, 0.25) is 5.95 Å². The van der Waals surface area contributed by atoms with E-state index < -0.39 is 21.0 Å². The number of hydrogen-bond acceptors (Lipinski definition) is 5. The normalized spacial score (nSPS) is 13.7. The van der Waals surface area contributed by atoms with Crippen LogP contribution in [-0.2, 0) is 16.3 Å². The Hall–Kier alpha value is -3.26. The van der Waals surface area contributed by atoms with E-state index in [2.05, 4.69) is 10.3 Å². The van der Waals surface area contributed by atoms with Crippen LogP contribution in [0.2, 0.25) is 0 Å².